The van der Waals surface area contributed by atoms with E-state index in [1.54, 1.807) is 30.5 Å². The first-order valence-corrected chi connectivity index (χ1v) is 10.9. The molecule has 30 heavy (non-hydrogen) atoms. The van der Waals surface area contributed by atoms with Gasteiger partial charge in [-0.2, -0.15) is 0 Å². The highest BCUT2D eigenvalue weighted by molar-refractivity contribution is 7.93. The fourth-order valence-corrected chi connectivity index (χ4v) is 4.93. The fourth-order valence-electron chi connectivity index (χ4n) is 3.65. The summed E-state index contributed by atoms with van der Waals surface area (Å²) in [6.07, 6.45) is 3.60. The van der Waals surface area contributed by atoms with Gasteiger partial charge in [0.2, 0.25) is 5.78 Å². The number of imidazole rings is 1. The summed E-state index contributed by atoms with van der Waals surface area (Å²) in [5.41, 5.74) is 2.99. The molecule has 0 bridgehead atoms. The van der Waals surface area contributed by atoms with Crippen molar-refractivity contribution in [2.75, 3.05) is 4.72 Å². The van der Waals surface area contributed by atoms with Gasteiger partial charge in [0.1, 0.15) is 0 Å². The third kappa shape index (κ3) is 3.09. The second-order valence-corrected chi connectivity index (χ2v) is 8.65. The Morgan fingerprint density at radius 2 is 1.73 bits per heavy atom. The number of benzene rings is 3. The molecule has 0 atom stereocenters. The van der Waals surface area contributed by atoms with Gasteiger partial charge in [-0.05, 0) is 36.6 Å². The maximum Gasteiger partial charge on any atom is 0.262 e. The number of nitrogens with one attached hydrogen (secondary N) is 1. The lowest BCUT2D eigenvalue weighted by Gasteiger charge is -2.11. The molecule has 0 aliphatic heterocycles. The molecule has 0 spiro atoms. The number of aryl methyl sites for hydroxylation is 1. The Labute approximate surface area is 173 Å². The van der Waals surface area contributed by atoms with Crippen LogP contribution in [0.3, 0.4) is 0 Å². The van der Waals surface area contributed by atoms with E-state index >= 15 is 0 Å². The molecule has 0 radical (unpaired) electrons. The van der Waals surface area contributed by atoms with E-state index in [4.69, 9.17) is 0 Å². The number of hydrogen-bond acceptors (Lipinski definition) is 4. The Balaban J connectivity index is 1.55. The van der Waals surface area contributed by atoms with Crippen molar-refractivity contribution in [3.63, 3.8) is 0 Å². The van der Waals surface area contributed by atoms with Crippen LogP contribution in [-0.4, -0.2) is 22.8 Å². The molecule has 0 amide bonds. The number of anilines is 1. The van der Waals surface area contributed by atoms with Crippen molar-refractivity contribution in [3.8, 4) is 11.3 Å². The molecule has 5 aromatic rings. The van der Waals surface area contributed by atoms with Crippen LogP contribution in [0.2, 0.25) is 0 Å². The molecule has 0 aliphatic rings. The number of sulfonamides is 1. The van der Waals surface area contributed by atoms with Crippen LogP contribution < -0.4 is 4.72 Å². The molecule has 0 fully saturated rings. The summed E-state index contributed by atoms with van der Waals surface area (Å²) in [5, 5.41) is 1.56. The van der Waals surface area contributed by atoms with E-state index in [9.17, 15) is 8.42 Å². The zero-order valence-corrected chi connectivity index (χ0v) is 17.0. The zero-order valence-electron chi connectivity index (χ0n) is 16.1. The summed E-state index contributed by atoms with van der Waals surface area (Å²) in [6.45, 7) is 1.96. The summed E-state index contributed by atoms with van der Waals surface area (Å²) in [7, 11) is -3.76. The SMILES string of the molecule is Cc1c(-c2cccc(NS(=O)(=O)c3cccc4ccccc34)c2)nc2ncccn12. The van der Waals surface area contributed by atoms with Gasteiger partial charge in [0.05, 0.1) is 10.6 Å². The number of nitrogens with zero attached hydrogens (tertiary/aromatic N) is 3. The van der Waals surface area contributed by atoms with Gasteiger partial charge in [0.15, 0.2) is 0 Å². The lowest BCUT2D eigenvalue weighted by Crippen LogP contribution is -2.13. The van der Waals surface area contributed by atoms with Gasteiger partial charge in [-0.25, -0.2) is 18.4 Å². The zero-order chi connectivity index (χ0) is 20.7. The van der Waals surface area contributed by atoms with Crippen molar-refractivity contribution in [1.29, 1.82) is 0 Å². The molecule has 2 aromatic heterocycles. The summed E-state index contributed by atoms with van der Waals surface area (Å²) in [5.74, 6) is 0.603. The first-order valence-electron chi connectivity index (χ1n) is 9.44. The lowest BCUT2D eigenvalue weighted by atomic mass is 10.1. The van der Waals surface area contributed by atoms with Crippen LogP contribution >= 0.6 is 0 Å². The van der Waals surface area contributed by atoms with Gasteiger partial charge < -0.3 is 0 Å². The molecule has 1 N–H and O–H groups in total. The quantitative estimate of drug-likeness (QED) is 0.464. The molecule has 5 rings (SSSR count). The average Bonchev–Trinajstić information content (AvgIpc) is 3.10. The van der Waals surface area contributed by atoms with Gasteiger partial charge in [-0.1, -0.05) is 48.5 Å². The van der Waals surface area contributed by atoms with Gasteiger partial charge in [-0.15, -0.1) is 0 Å². The monoisotopic (exact) mass is 414 g/mol. The minimum Gasteiger partial charge on any atom is -0.288 e. The lowest BCUT2D eigenvalue weighted by molar-refractivity contribution is 0.602. The largest absolute Gasteiger partial charge is 0.288 e. The summed E-state index contributed by atoms with van der Waals surface area (Å²) < 4.78 is 30.9. The van der Waals surface area contributed by atoms with E-state index in [1.807, 2.05) is 66.1 Å². The number of fused-ring (bicyclic) bond motifs is 2. The number of hydrogen-bond donors (Lipinski definition) is 1. The van der Waals surface area contributed by atoms with E-state index in [1.165, 1.54) is 0 Å². The molecule has 0 aliphatic carbocycles. The van der Waals surface area contributed by atoms with Crippen molar-refractivity contribution < 1.29 is 8.42 Å². The maximum absolute atomic E-state index is 13.1. The Morgan fingerprint density at radius 1 is 0.933 bits per heavy atom. The minimum atomic E-state index is -3.76. The third-order valence-electron chi connectivity index (χ3n) is 5.07. The van der Waals surface area contributed by atoms with Gasteiger partial charge in [0.25, 0.3) is 10.0 Å². The molecule has 0 saturated carbocycles. The predicted octanol–water partition coefficient (Wildman–Crippen LogP) is 4.66. The molecule has 0 unspecified atom stereocenters. The van der Waals surface area contributed by atoms with Crippen LogP contribution in [0.4, 0.5) is 5.69 Å². The van der Waals surface area contributed by atoms with Crippen molar-refractivity contribution in [3.05, 3.63) is 90.9 Å². The van der Waals surface area contributed by atoms with Crippen molar-refractivity contribution in [1.82, 2.24) is 14.4 Å². The Morgan fingerprint density at radius 3 is 2.60 bits per heavy atom. The van der Waals surface area contributed by atoms with Crippen LogP contribution in [0, 0.1) is 6.92 Å². The van der Waals surface area contributed by atoms with Crippen molar-refractivity contribution in [2.45, 2.75) is 11.8 Å². The normalized spacial score (nSPS) is 11.8. The molecule has 6 nitrogen and oxygen atoms in total. The summed E-state index contributed by atoms with van der Waals surface area (Å²) >= 11 is 0. The molecule has 3 aromatic carbocycles. The summed E-state index contributed by atoms with van der Waals surface area (Å²) in [4.78, 5) is 9.12. The van der Waals surface area contributed by atoms with Crippen LogP contribution in [0.1, 0.15) is 5.69 Å². The van der Waals surface area contributed by atoms with Crippen LogP contribution in [0.25, 0.3) is 27.8 Å². The second-order valence-electron chi connectivity index (χ2n) is 7.00. The van der Waals surface area contributed by atoms with Gasteiger partial charge in [0, 0.05) is 34.7 Å². The fraction of sp³-hybridized carbons (Fsp3) is 0.0435. The Hall–Kier alpha value is -3.71. The van der Waals surface area contributed by atoms with E-state index in [0.29, 0.717) is 16.9 Å². The molecule has 2 heterocycles. The molecule has 148 valence electrons. The standard InChI is InChI=1S/C23H18N4O2S/c1-16-22(25-23-24-13-6-14-27(16)23)18-9-4-10-19(15-18)26-30(28,29)21-12-5-8-17-7-2-3-11-20(17)21/h2-15,26H,1H3. The predicted molar refractivity (Wildman–Crippen MR) is 118 cm³/mol. The van der Waals surface area contributed by atoms with E-state index < -0.39 is 10.0 Å². The molecule has 0 saturated heterocycles. The molecular formula is C23H18N4O2S. The minimum absolute atomic E-state index is 0.249. The number of rotatable bonds is 4. The van der Waals surface area contributed by atoms with E-state index in [2.05, 4.69) is 14.7 Å². The van der Waals surface area contributed by atoms with Crippen molar-refractivity contribution >= 4 is 32.3 Å². The highest BCUT2D eigenvalue weighted by atomic mass is 32.2. The van der Waals surface area contributed by atoms with Crippen LogP contribution in [0.5, 0.6) is 0 Å². The van der Waals surface area contributed by atoms with E-state index in [-0.39, 0.29) is 4.90 Å². The van der Waals surface area contributed by atoms with Crippen LogP contribution in [-0.2, 0) is 10.0 Å². The molecular weight excluding hydrogens is 396 g/mol. The molecule has 7 heteroatoms. The highest BCUT2D eigenvalue weighted by Crippen LogP contribution is 2.28. The van der Waals surface area contributed by atoms with Crippen molar-refractivity contribution in [2.24, 2.45) is 0 Å². The Kier molecular flexibility index (Phi) is 4.25. The summed E-state index contributed by atoms with van der Waals surface area (Å²) in [6, 6.07) is 21.8. The highest BCUT2D eigenvalue weighted by Gasteiger charge is 2.18. The maximum atomic E-state index is 13.1. The topological polar surface area (TPSA) is 76.4 Å². The second kappa shape index (κ2) is 6.96. The first kappa shape index (κ1) is 18.3. The third-order valence-corrected chi connectivity index (χ3v) is 6.51. The first-order chi connectivity index (χ1) is 14.5. The van der Waals surface area contributed by atoms with Gasteiger partial charge >= 0.3 is 0 Å². The van der Waals surface area contributed by atoms with Gasteiger partial charge in [-0.3, -0.25) is 9.12 Å². The number of aromatic nitrogens is 3. The Bertz CT molecular complexity index is 1500. The smallest absolute Gasteiger partial charge is 0.262 e. The van der Waals surface area contributed by atoms with E-state index in [0.717, 1.165) is 22.3 Å². The van der Waals surface area contributed by atoms with Crippen LogP contribution in [0.15, 0.2) is 90.1 Å². The average molecular weight is 414 g/mol.